The van der Waals surface area contributed by atoms with Crippen molar-refractivity contribution < 1.29 is 9.53 Å². The van der Waals surface area contributed by atoms with Gasteiger partial charge in [0, 0.05) is 18.5 Å². The van der Waals surface area contributed by atoms with Gasteiger partial charge in [-0.2, -0.15) is 0 Å². The van der Waals surface area contributed by atoms with Crippen LogP contribution in [0, 0.1) is 12.3 Å². The van der Waals surface area contributed by atoms with Gasteiger partial charge in [-0.25, -0.2) is 0 Å². The molecule has 0 amide bonds. The summed E-state index contributed by atoms with van der Waals surface area (Å²) in [7, 11) is 0. The predicted molar refractivity (Wildman–Crippen MR) is 56.8 cm³/mol. The van der Waals surface area contributed by atoms with Crippen LogP contribution in [0.25, 0.3) is 0 Å². The topological polar surface area (TPSA) is 38.3 Å². The van der Waals surface area contributed by atoms with Gasteiger partial charge in [0.1, 0.15) is 0 Å². The minimum Gasteiger partial charge on any atom is -0.466 e. The van der Waals surface area contributed by atoms with Crippen LogP contribution in [0.4, 0.5) is 0 Å². The zero-order valence-corrected chi connectivity index (χ0v) is 9.17. The number of carbonyl (C=O) groups excluding carboxylic acids is 1. The van der Waals surface area contributed by atoms with Crippen molar-refractivity contribution in [1.82, 2.24) is 5.32 Å². The molecule has 0 aliphatic carbocycles. The van der Waals surface area contributed by atoms with Gasteiger partial charge in [0.15, 0.2) is 0 Å². The maximum absolute atomic E-state index is 11.1. The van der Waals surface area contributed by atoms with Gasteiger partial charge >= 0.3 is 5.97 Å². The van der Waals surface area contributed by atoms with E-state index in [9.17, 15) is 4.79 Å². The van der Waals surface area contributed by atoms with E-state index >= 15 is 0 Å². The molecule has 1 N–H and O–H groups in total. The first kappa shape index (κ1) is 13.0. The molecule has 0 rings (SSSR count). The van der Waals surface area contributed by atoms with Gasteiger partial charge in [0.25, 0.3) is 0 Å². The third-order valence-corrected chi connectivity index (χ3v) is 1.77. The molecule has 0 fully saturated rings. The Morgan fingerprint density at radius 3 is 2.64 bits per heavy atom. The van der Waals surface area contributed by atoms with E-state index in [1.165, 1.54) is 0 Å². The molecule has 0 aromatic carbocycles. The van der Waals surface area contributed by atoms with E-state index in [0.717, 1.165) is 0 Å². The summed E-state index contributed by atoms with van der Waals surface area (Å²) in [4.78, 5) is 11.1. The second-order valence-electron chi connectivity index (χ2n) is 3.39. The van der Waals surface area contributed by atoms with Gasteiger partial charge in [-0.15, -0.1) is 12.3 Å². The first-order valence-electron chi connectivity index (χ1n) is 4.95. The Morgan fingerprint density at radius 2 is 2.14 bits per heavy atom. The summed E-state index contributed by atoms with van der Waals surface area (Å²) in [6.45, 7) is 6.19. The van der Waals surface area contributed by atoms with Crippen LogP contribution in [0.2, 0.25) is 0 Å². The van der Waals surface area contributed by atoms with Gasteiger partial charge in [0.05, 0.1) is 13.0 Å². The van der Waals surface area contributed by atoms with E-state index in [2.05, 4.69) is 11.2 Å². The highest BCUT2D eigenvalue weighted by Crippen LogP contribution is 1.98. The van der Waals surface area contributed by atoms with E-state index in [4.69, 9.17) is 11.2 Å². The number of hydrogen-bond acceptors (Lipinski definition) is 3. The molecular weight excluding hydrogens is 178 g/mol. The largest absolute Gasteiger partial charge is 0.466 e. The van der Waals surface area contributed by atoms with Crippen LogP contribution in [-0.4, -0.2) is 24.7 Å². The molecule has 0 aliphatic heterocycles. The molecule has 3 nitrogen and oxygen atoms in total. The average molecular weight is 197 g/mol. The molecule has 0 spiro atoms. The summed E-state index contributed by atoms with van der Waals surface area (Å²) in [5, 5.41) is 3.23. The highest BCUT2D eigenvalue weighted by molar-refractivity contribution is 5.70. The van der Waals surface area contributed by atoms with Gasteiger partial charge in [-0.05, 0) is 20.8 Å². The Kier molecular flexibility index (Phi) is 6.87. The normalized spacial score (nSPS) is 14.1. The van der Waals surface area contributed by atoms with E-state index < -0.39 is 0 Å². The molecule has 0 aromatic heterocycles. The summed E-state index contributed by atoms with van der Waals surface area (Å²) < 4.78 is 4.83. The number of nitrogens with one attached hydrogen (secondary N) is 1. The van der Waals surface area contributed by atoms with Crippen molar-refractivity contribution in [3.8, 4) is 12.3 Å². The van der Waals surface area contributed by atoms with Crippen LogP contribution >= 0.6 is 0 Å². The standard InChI is InChI=1S/C11H19NO2/c1-5-7-9(3)12-10(4)8-11(13)14-6-2/h1,9-10,12H,6-8H2,2-4H3. The number of rotatable bonds is 6. The molecule has 0 saturated heterocycles. The lowest BCUT2D eigenvalue weighted by Crippen LogP contribution is -2.36. The molecule has 0 saturated carbocycles. The smallest absolute Gasteiger partial charge is 0.307 e. The van der Waals surface area contributed by atoms with Gasteiger partial charge in [-0.3, -0.25) is 4.79 Å². The molecule has 14 heavy (non-hydrogen) atoms. The van der Waals surface area contributed by atoms with Crippen LogP contribution in [0.5, 0.6) is 0 Å². The van der Waals surface area contributed by atoms with Crippen molar-refractivity contribution in [2.75, 3.05) is 6.61 Å². The summed E-state index contributed by atoms with van der Waals surface area (Å²) in [5.41, 5.74) is 0. The highest BCUT2D eigenvalue weighted by atomic mass is 16.5. The predicted octanol–water partition coefficient (Wildman–Crippen LogP) is 1.33. The van der Waals surface area contributed by atoms with Crippen LogP contribution in [-0.2, 0) is 9.53 Å². The SMILES string of the molecule is C#CCC(C)NC(C)CC(=O)OCC. The number of ether oxygens (including phenoxy) is 1. The fraction of sp³-hybridized carbons (Fsp3) is 0.727. The van der Waals surface area contributed by atoms with Gasteiger partial charge in [0.2, 0.25) is 0 Å². The Hall–Kier alpha value is -1.01. The zero-order chi connectivity index (χ0) is 11.0. The molecular formula is C11H19NO2. The van der Waals surface area contributed by atoms with Crippen LogP contribution in [0.3, 0.4) is 0 Å². The first-order chi connectivity index (χ1) is 6.60. The first-order valence-corrected chi connectivity index (χ1v) is 4.95. The molecule has 2 unspecified atom stereocenters. The average Bonchev–Trinajstić information content (AvgIpc) is 2.03. The van der Waals surface area contributed by atoms with E-state index in [0.29, 0.717) is 19.4 Å². The lowest BCUT2D eigenvalue weighted by molar-refractivity contribution is -0.143. The second kappa shape index (κ2) is 7.40. The Morgan fingerprint density at radius 1 is 1.50 bits per heavy atom. The van der Waals surface area contributed by atoms with Crippen LogP contribution in [0.1, 0.15) is 33.6 Å². The summed E-state index contributed by atoms with van der Waals surface area (Å²) in [6.07, 6.45) is 6.24. The molecule has 0 aliphatic rings. The Labute approximate surface area is 86.2 Å². The van der Waals surface area contributed by atoms with E-state index in [1.807, 2.05) is 13.8 Å². The van der Waals surface area contributed by atoms with Crippen LogP contribution in [0.15, 0.2) is 0 Å². The summed E-state index contributed by atoms with van der Waals surface area (Å²) >= 11 is 0. The van der Waals surface area contributed by atoms with Crippen molar-refractivity contribution in [2.45, 2.75) is 45.7 Å². The van der Waals surface area contributed by atoms with E-state index in [-0.39, 0.29) is 18.1 Å². The Bertz CT molecular complexity index is 208. The number of terminal acetylenes is 1. The minimum absolute atomic E-state index is 0.109. The lowest BCUT2D eigenvalue weighted by Gasteiger charge is -2.17. The summed E-state index contributed by atoms with van der Waals surface area (Å²) in [6, 6.07) is 0.349. The molecule has 0 radical (unpaired) electrons. The monoisotopic (exact) mass is 197 g/mol. The number of hydrogen-bond donors (Lipinski definition) is 1. The molecule has 80 valence electrons. The van der Waals surface area contributed by atoms with Gasteiger partial charge < -0.3 is 10.1 Å². The van der Waals surface area contributed by atoms with Crippen molar-refractivity contribution in [1.29, 1.82) is 0 Å². The quantitative estimate of drug-likeness (QED) is 0.515. The molecule has 0 heterocycles. The fourth-order valence-electron chi connectivity index (χ4n) is 1.25. The van der Waals surface area contributed by atoms with Gasteiger partial charge in [-0.1, -0.05) is 0 Å². The number of carbonyl (C=O) groups is 1. The van der Waals surface area contributed by atoms with Crippen LogP contribution < -0.4 is 5.32 Å². The molecule has 0 bridgehead atoms. The fourth-order valence-corrected chi connectivity index (χ4v) is 1.25. The maximum atomic E-state index is 11.1. The van der Waals surface area contributed by atoms with Crippen molar-refractivity contribution >= 4 is 5.97 Å². The van der Waals surface area contributed by atoms with Crippen molar-refractivity contribution in [3.05, 3.63) is 0 Å². The third kappa shape index (κ3) is 6.50. The Balaban J connectivity index is 3.69. The lowest BCUT2D eigenvalue weighted by atomic mass is 10.2. The zero-order valence-electron chi connectivity index (χ0n) is 9.17. The molecule has 2 atom stereocenters. The summed E-state index contributed by atoms with van der Waals surface area (Å²) in [5.74, 6) is 2.41. The molecule has 0 aromatic rings. The third-order valence-electron chi connectivity index (χ3n) is 1.77. The maximum Gasteiger partial charge on any atom is 0.307 e. The molecule has 3 heteroatoms. The van der Waals surface area contributed by atoms with Crippen molar-refractivity contribution in [2.24, 2.45) is 0 Å². The number of esters is 1. The minimum atomic E-state index is -0.166. The second-order valence-corrected chi connectivity index (χ2v) is 3.39. The highest BCUT2D eigenvalue weighted by Gasteiger charge is 2.11. The van der Waals surface area contributed by atoms with E-state index in [1.54, 1.807) is 6.92 Å². The van der Waals surface area contributed by atoms with Crippen molar-refractivity contribution in [3.63, 3.8) is 0 Å².